The van der Waals surface area contributed by atoms with Crippen LogP contribution in [0.15, 0.2) is 36.4 Å². The molecule has 19 heavy (non-hydrogen) atoms. The van der Waals surface area contributed by atoms with Gasteiger partial charge in [0.25, 0.3) is 0 Å². The third-order valence-electron chi connectivity index (χ3n) is 3.04. The molecule has 1 unspecified atom stereocenters. The summed E-state index contributed by atoms with van der Waals surface area (Å²) in [5.41, 5.74) is 2.58. The van der Waals surface area contributed by atoms with Crippen molar-refractivity contribution in [2.75, 3.05) is 0 Å². The van der Waals surface area contributed by atoms with E-state index in [1.807, 2.05) is 38.1 Å². The number of hydrogen-bond donors (Lipinski definition) is 2. The van der Waals surface area contributed by atoms with Gasteiger partial charge in [0.05, 0.1) is 5.69 Å². The number of halogens is 1. The Balaban J connectivity index is 2.06. The topological polar surface area (TPSA) is 45.1 Å². The third-order valence-corrected chi connectivity index (χ3v) is 3.38. The quantitative estimate of drug-likeness (QED) is 0.897. The van der Waals surface area contributed by atoms with Crippen LogP contribution in [-0.4, -0.2) is 10.1 Å². The van der Waals surface area contributed by atoms with Gasteiger partial charge >= 0.3 is 0 Å². The number of aromatic hydroxyl groups is 1. The van der Waals surface area contributed by atoms with Crippen molar-refractivity contribution >= 4 is 11.6 Å². The molecule has 0 saturated heterocycles. The molecule has 1 aromatic carbocycles. The van der Waals surface area contributed by atoms with E-state index in [1.54, 1.807) is 12.1 Å². The third kappa shape index (κ3) is 3.46. The second-order valence-electron chi connectivity index (χ2n) is 4.54. The van der Waals surface area contributed by atoms with Crippen molar-refractivity contribution in [3.8, 4) is 5.75 Å². The lowest BCUT2D eigenvalue weighted by Crippen LogP contribution is -2.19. The molecule has 0 fully saturated rings. The molecule has 0 bridgehead atoms. The van der Waals surface area contributed by atoms with Crippen LogP contribution in [0.4, 0.5) is 0 Å². The number of aromatic nitrogens is 1. The molecule has 4 heteroatoms. The zero-order chi connectivity index (χ0) is 13.8. The zero-order valence-corrected chi connectivity index (χ0v) is 11.8. The van der Waals surface area contributed by atoms with E-state index in [4.69, 9.17) is 11.6 Å². The minimum atomic E-state index is 0.0930. The largest absolute Gasteiger partial charge is 0.506 e. The van der Waals surface area contributed by atoms with Crippen molar-refractivity contribution in [1.82, 2.24) is 10.3 Å². The first-order valence-corrected chi connectivity index (χ1v) is 6.59. The van der Waals surface area contributed by atoms with E-state index < -0.39 is 0 Å². The highest BCUT2D eigenvalue weighted by Gasteiger charge is 2.10. The monoisotopic (exact) mass is 276 g/mol. The fraction of sp³-hybridized carbons (Fsp3) is 0.267. The summed E-state index contributed by atoms with van der Waals surface area (Å²) in [5.74, 6) is 0.212. The van der Waals surface area contributed by atoms with Gasteiger partial charge in [-0.3, -0.25) is 4.98 Å². The van der Waals surface area contributed by atoms with Gasteiger partial charge in [0.15, 0.2) is 0 Å². The van der Waals surface area contributed by atoms with Crippen LogP contribution in [-0.2, 0) is 6.54 Å². The van der Waals surface area contributed by atoms with Crippen molar-refractivity contribution in [2.45, 2.75) is 26.4 Å². The maximum Gasteiger partial charge on any atom is 0.138 e. The average Bonchev–Trinajstić information content (AvgIpc) is 2.40. The Kier molecular flexibility index (Phi) is 4.40. The van der Waals surface area contributed by atoms with Crippen LogP contribution in [0.3, 0.4) is 0 Å². The molecular formula is C15H17ClN2O. The van der Waals surface area contributed by atoms with Crippen molar-refractivity contribution in [1.29, 1.82) is 0 Å². The first kappa shape index (κ1) is 13.8. The SMILES string of the molecule is Cc1ccc(O)c(CNC(C)c2ccccc2Cl)n1. The number of nitrogens with zero attached hydrogens (tertiary/aromatic N) is 1. The Morgan fingerprint density at radius 3 is 2.74 bits per heavy atom. The van der Waals surface area contributed by atoms with Crippen LogP contribution in [0.1, 0.15) is 29.9 Å². The molecule has 0 amide bonds. The van der Waals surface area contributed by atoms with Gasteiger partial charge in [0, 0.05) is 23.3 Å². The lowest BCUT2D eigenvalue weighted by molar-refractivity contribution is 0.454. The minimum Gasteiger partial charge on any atom is -0.506 e. The Morgan fingerprint density at radius 2 is 2.00 bits per heavy atom. The van der Waals surface area contributed by atoms with E-state index >= 15 is 0 Å². The minimum absolute atomic E-state index is 0.0930. The van der Waals surface area contributed by atoms with Gasteiger partial charge < -0.3 is 10.4 Å². The number of rotatable bonds is 4. The highest BCUT2D eigenvalue weighted by molar-refractivity contribution is 6.31. The molecule has 1 heterocycles. The van der Waals surface area contributed by atoms with E-state index in [1.165, 1.54) is 0 Å². The summed E-state index contributed by atoms with van der Waals surface area (Å²) in [6, 6.07) is 11.3. The summed E-state index contributed by atoms with van der Waals surface area (Å²) in [5, 5.41) is 13.8. The number of hydrogen-bond acceptors (Lipinski definition) is 3. The van der Waals surface area contributed by atoms with Crippen LogP contribution >= 0.6 is 11.6 Å². The van der Waals surface area contributed by atoms with Crippen LogP contribution in [0.2, 0.25) is 5.02 Å². The summed E-state index contributed by atoms with van der Waals surface area (Å²) in [6.07, 6.45) is 0. The molecule has 0 aliphatic heterocycles. The summed E-state index contributed by atoms with van der Waals surface area (Å²) < 4.78 is 0. The molecule has 0 radical (unpaired) electrons. The maximum atomic E-state index is 9.74. The van der Waals surface area contributed by atoms with Gasteiger partial charge in [-0.05, 0) is 37.6 Å². The summed E-state index contributed by atoms with van der Waals surface area (Å²) in [4.78, 5) is 4.32. The normalized spacial score (nSPS) is 12.4. The van der Waals surface area contributed by atoms with Gasteiger partial charge in [-0.25, -0.2) is 0 Å². The molecule has 0 aliphatic rings. The molecule has 0 aliphatic carbocycles. The van der Waals surface area contributed by atoms with E-state index in [9.17, 15) is 5.11 Å². The lowest BCUT2D eigenvalue weighted by atomic mass is 10.1. The average molecular weight is 277 g/mol. The van der Waals surface area contributed by atoms with Gasteiger partial charge in [-0.2, -0.15) is 0 Å². The molecular weight excluding hydrogens is 260 g/mol. The van der Waals surface area contributed by atoms with Crippen LogP contribution in [0.25, 0.3) is 0 Å². The Labute approximate surface area is 118 Å². The number of aryl methyl sites for hydroxylation is 1. The fourth-order valence-electron chi connectivity index (χ4n) is 1.92. The molecule has 2 aromatic rings. The molecule has 0 spiro atoms. The van der Waals surface area contributed by atoms with Gasteiger partial charge in [-0.15, -0.1) is 0 Å². The summed E-state index contributed by atoms with van der Waals surface area (Å²) >= 11 is 6.15. The van der Waals surface area contributed by atoms with Crippen molar-refractivity contribution in [3.63, 3.8) is 0 Å². The first-order chi connectivity index (χ1) is 9.08. The Bertz CT molecular complexity index is 572. The predicted octanol–water partition coefficient (Wildman–Crippen LogP) is 3.60. The molecule has 1 aromatic heterocycles. The van der Waals surface area contributed by atoms with Crippen molar-refractivity contribution in [3.05, 3.63) is 58.4 Å². The smallest absolute Gasteiger partial charge is 0.138 e. The van der Waals surface area contributed by atoms with Gasteiger partial charge in [-0.1, -0.05) is 29.8 Å². The van der Waals surface area contributed by atoms with E-state index in [0.29, 0.717) is 12.2 Å². The summed E-state index contributed by atoms with van der Waals surface area (Å²) in [7, 11) is 0. The van der Waals surface area contributed by atoms with Crippen LogP contribution in [0.5, 0.6) is 5.75 Å². The number of pyridine rings is 1. The molecule has 100 valence electrons. The predicted molar refractivity (Wildman–Crippen MR) is 77.3 cm³/mol. The molecule has 2 rings (SSSR count). The Morgan fingerprint density at radius 1 is 1.26 bits per heavy atom. The van der Waals surface area contributed by atoms with E-state index in [0.717, 1.165) is 16.3 Å². The van der Waals surface area contributed by atoms with E-state index in [-0.39, 0.29) is 11.8 Å². The lowest BCUT2D eigenvalue weighted by Gasteiger charge is -2.16. The highest BCUT2D eigenvalue weighted by atomic mass is 35.5. The molecule has 2 N–H and O–H groups in total. The first-order valence-electron chi connectivity index (χ1n) is 6.21. The number of benzene rings is 1. The van der Waals surface area contributed by atoms with Gasteiger partial charge in [0.1, 0.15) is 5.75 Å². The fourth-order valence-corrected chi connectivity index (χ4v) is 2.22. The zero-order valence-electron chi connectivity index (χ0n) is 11.0. The van der Waals surface area contributed by atoms with Gasteiger partial charge in [0.2, 0.25) is 0 Å². The highest BCUT2D eigenvalue weighted by Crippen LogP contribution is 2.23. The standard InChI is InChI=1S/C15H17ClN2O/c1-10-7-8-15(19)14(18-10)9-17-11(2)12-5-3-4-6-13(12)16/h3-8,11,17,19H,9H2,1-2H3. The maximum absolute atomic E-state index is 9.74. The Hall–Kier alpha value is -1.58. The second-order valence-corrected chi connectivity index (χ2v) is 4.95. The second kappa shape index (κ2) is 6.04. The number of nitrogens with one attached hydrogen (secondary N) is 1. The molecule has 3 nitrogen and oxygen atoms in total. The van der Waals surface area contributed by atoms with E-state index in [2.05, 4.69) is 10.3 Å². The van der Waals surface area contributed by atoms with Crippen molar-refractivity contribution in [2.24, 2.45) is 0 Å². The van der Waals surface area contributed by atoms with Crippen LogP contribution < -0.4 is 5.32 Å². The van der Waals surface area contributed by atoms with Crippen LogP contribution in [0, 0.1) is 6.92 Å². The molecule has 1 atom stereocenters. The van der Waals surface area contributed by atoms with Crippen molar-refractivity contribution < 1.29 is 5.11 Å². The molecule has 0 saturated carbocycles. The summed E-state index contributed by atoms with van der Waals surface area (Å²) in [6.45, 7) is 4.44.